The number of aromatic nitrogens is 3. The monoisotopic (exact) mass is 334 g/mol. The molecule has 0 unspecified atom stereocenters. The van der Waals surface area contributed by atoms with E-state index in [1.165, 1.54) is 6.07 Å². The molecule has 2 aromatic heterocycles. The summed E-state index contributed by atoms with van der Waals surface area (Å²) in [6.07, 6.45) is 0. The third kappa shape index (κ3) is 3.49. The Bertz CT molecular complexity index is 807. The van der Waals surface area contributed by atoms with Crippen LogP contribution >= 0.6 is 23.6 Å². The van der Waals surface area contributed by atoms with E-state index in [1.54, 1.807) is 23.5 Å². The van der Waals surface area contributed by atoms with E-state index in [4.69, 9.17) is 12.2 Å². The van der Waals surface area contributed by atoms with Crippen LogP contribution in [0.4, 0.5) is 4.39 Å². The minimum absolute atomic E-state index is 0.218. The van der Waals surface area contributed by atoms with Gasteiger partial charge in [0.2, 0.25) is 4.77 Å². The minimum atomic E-state index is -0.218. The number of halogens is 1. The summed E-state index contributed by atoms with van der Waals surface area (Å²) >= 11 is 6.90. The van der Waals surface area contributed by atoms with Gasteiger partial charge >= 0.3 is 0 Å². The Morgan fingerprint density at radius 1 is 1.36 bits per heavy atom. The SMILES string of the molecule is CN(Cc1cccc(F)c1)Cn1[nH]c(-c2cccs2)nc1=S. The summed E-state index contributed by atoms with van der Waals surface area (Å²) in [5.74, 6) is 0.559. The number of H-pyrrole nitrogens is 1. The van der Waals surface area contributed by atoms with Gasteiger partial charge in [0.1, 0.15) is 5.82 Å². The van der Waals surface area contributed by atoms with Gasteiger partial charge < -0.3 is 0 Å². The van der Waals surface area contributed by atoms with Crippen LogP contribution in [-0.2, 0) is 13.2 Å². The van der Waals surface area contributed by atoms with Crippen LogP contribution in [0.3, 0.4) is 0 Å². The van der Waals surface area contributed by atoms with E-state index in [2.05, 4.69) is 10.1 Å². The molecule has 0 atom stereocenters. The maximum absolute atomic E-state index is 13.2. The first-order valence-electron chi connectivity index (χ1n) is 6.75. The predicted octanol–water partition coefficient (Wildman–Crippen LogP) is 3.90. The Kier molecular flexibility index (Phi) is 4.47. The third-order valence-corrected chi connectivity index (χ3v) is 4.35. The number of rotatable bonds is 5. The lowest BCUT2D eigenvalue weighted by Crippen LogP contribution is -2.22. The number of hydrogen-bond donors (Lipinski definition) is 1. The zero-order valence-electron chi connectivity index (χ0n) is 12.0. The molecule has 0 saturated carbocycles. The molecule has 0 amide bonds. The topological polar surface area (TPSA) is 36.9 Å². The van der Waals surface area contributed by atoms with Gasteiger partial charge in [-0.15, -0.1) is 11.3 Å². The fourth-order valence-electron chi connectivity index (χ4n) is 2.21. The van der Waals surface area contributed by atoms with Crippen molar-refractivity contribution in [2.45, 2.75) is 13.2 Å². The Morgan fingerprint density at radius 2 is 2.23 bits per heavy atom. The zero-order valence-corrected chi connectivity index (χ0v) is 13.6. The second kappa shape index (κ2) is 6.51. The largest absolute Gasteiger partial charge is 0.283 e. The van der Waals surface area contributed by atoms with Crippen LogP contribution in [0.5, 0.6) is 0 Å². The minimum Gasteiger partial charge on any atom is -0.283 e. The van der Waals surface area contributed by atoms with Crippen molar-refractivity contribution in [2.24, 2.45) is 0 Å². The van der Waals surface area contributed by atoms with Crippen molar-refractivity contribution >= 4 is 23.6 Å². The lowest BCUT2D eigenvalue weighted by molar-refractivity contribution is 0.244. The molecule has 0 spiro atoms. The summed E-state index contributed by atoms with van der Waals surface area (Å²) in [6.45, 7) is 1.20. The first-order valence-corrected chi connectivity index (χ1v) is 8.04. The van der Waals surface area contributed by atoms with Crippen molar-refractivity contribution in [2.75, 3.05) is 7.05 Å². The fourth-order valence-corrected chi connectivity index (χ4v) is 3.07. The molecule has 0 aliphatic rings. The molecule has 0 bridgehead atoms. The number of thiophene rings is 1. The van der Waals surface area contributed by atoms with Gasteiger partial charge in [0, 0.05) is 6.54 Å². The van der Waals surface area contributed by atoms with Gasteiger partial charge in [-0.2, -0.15) is 4.98 Å². The Hall–Kier alpha value is -1.83. The van der Waals surface area contributed by atoms with E-state index in [-0.39, 0.29) is 5.82 Å². The number of nitrogens with one attached hydrogen (secondary N) is 1. The van der Waals surface area contributed by atoms with Crippen molar-refractivity contribution in [1.82, 2.24) is 19.7 Å². The maximum atomic E-state index is 13.2. The molecule has 1 aromatic carbocycles. The predicted molar refractivity (Wildman–Crippen MR) is 88.6 cm³/mol. The van der Waals surface area contributed by atoms with Crippen LogP contribution in [-0.4, -0.2) is 26.7 Å². The molecule has 0 fully saturated rings. The molecule has 114 valence electrons. The molecule has 0 saturated heterocycles. The quantitative estimate of drug-likeness (QED) is 0.719. The fraction of sp³-hybridized carbons (Fsp3) is 0.200. The summed E-state index contributed by atoms with van der Waals surface area (Å²) in [6, 6.07) is 10.6. The molecule has 3 rings (SSSR count). The van der Waals surface area contributed by atoms with Gasteiger partial charge in [-0.3, -0.25) is 10.00 Å². The van der Waals surface area contributed by atoms with Crippen LogP contribution in [0, 0.1) is 10.6 Å². The van der Waals surface area contributed by atoms with Crippen LogP contribution in [0.1, 0.15) is 5.56 Å². The smallest absolute Gasteiger partial charge is 0.217 e. The van der Waals surface area contributed by atoms with Crippen molar-refractivity contribution in [3.05, 3.63) is 57.9 Å². The molecule has 0 aliphatic carbocycles. The highest BCUT2D eigenvalue weighted by Crippen LogP contribution is 2.20. The van der Waals surface area contributed by atoms with Gasteiger partial charge in [0.15, 0.2) is 5.82 Å². The first kappa shape index (κ1) is 15.1. The molecule has 2 heterocycles. The van der Waals surface area contributed by atoms with Gasteiger partial charge in [-0.1, -0.05) is 18.2 Å². The molecule has 7 heteroatoms. The highest BCUT2D eigenvalue weighted by molar-refractivity contribution is 7.71. The van der Waals surface area contributed by atoms with Crippen molar-refractivity contribution < 1.29 is 4.39 Å². The van der Waals surface area contributed by atoms with E-state index in [9.17, 15) is 4.39 Å². The van der Waals surface area contributed by atoms with E-state index in [1.807, 2.05) is 40.2 Å². The number of aromatic amines is 1. The third-order valence-electron chi connectivity index (χ3n) is 3.16. The second-order valence-electron chi connectivity index (χ2n) is 5.05. The molecule has 3 aromatic rings. The molecule has 22 heavy (non-hydrogen) atoms. The van der Waals surface area contributed by atoms with Crippen molar-refractivity contribution in [3.8, 4) is 10.7 Å². The van der Waals surface area contributed by atoms with E-state index >= 15 is 0 Å². The Morgan fingerprint density at radius 3 is 2.95 bits per heavy atom. The maximum Gasteiger partial charge on any atom is 0.217 e. The Balaban J connectivity index is 1.72. The summed E-state index contributed by atoms with van der Waals surface area (Å²) in [5, 5.41) is 5.21. The lowest BCUT2D eigenvalue weighted by atomic mass is 10.2. The molecule has 1 N–H and O–H groups in total. The summed E-state index contributed by atoms with van der Waals surface area (Å²) in [5.41, 5.74) is 0.923. The average Bonchev–Trinajstić information content (AvgIpc) is 3.09. The highest BCUT2D eigenvalue weighted by atomic mass is 32.1. The van der Waals surface area contributed by atoms with Crippen molar-refractivity contribution in [1.29, 1.82) is 0 Å². The summed E-state index contributed by atoms with van der Waals surface area (Å²) in [4.78, 5) is 7.47. The first-order chi connectivity index (χ1) is 10.6. The van der Waals surface area contributed by atoms with Crippen LogP contribution in [0.25, 0.3) is 10.7 Å². The number of hydrogen-bond acceptors (Lipinski definition) is 4. The number of benzene rings is 1. The van der Waals surface area contributed by atoms with Gasteiger partial charge in [-0.05, 0) is 48.4 Å². The van der Waals surface area contributed by atoms with Gasteiger partial charge in [-0.25, -0.2) is 9.07 Å². The second-order valence-corrected chi connectivity index (χ2v) is 6.36. The van der Waals surface area contributed by atoms with E-state index in [0.29, 0.717) is 18.0 Å². The molecular formula is C15H15FN4S2. The number of nitrogens with zero attached hydrogens (tertiary/aromatic N) is 3. The van der Waals surface area contributed by atoms with E-state index in [0.717, 1.165) is 16.3 Å². The average molecular weight is 334 g/mol. The molecule has 0 radical (unpaired) electrons. The van der Waals surface area contributed by atoms with E-state index < -0.39 is 0 Å². The van der Waals surface area contributed by atoms with Gasteiger partial charge in [0.25, 0.3) is 0 Å². The van der Waals surface area contributed by atoms with Gasteiger partial charge in [0.05, 0.1) is 11.5 Å². The summed E-state index contributed by atoms with van der Waals surface area (Å²) in [7, 11) is 1.96. The van der Waals surface area contributed by atoms with Crippen LogP contribution in [0.15, 0.2) is 41.8 Å². The molecular weight excluding hydrogens is 319 g/mol. The van der Waals surface area contributed by atoms with Crippen LogP contribution in [0.2, 0.25) is 0 Å². The molecule has 4 nitrogen and oxygen atoms in total. The van der Waals surface area contributed by atoms with Crippen molar-refractivity contribution in [3.63, 3.8) is 0 Å². The summed E-state index contributed by atoms with van der Waals surface area (Å²) < 4.78 is 15.5. The highest BCUT2D eigenvalue weighted by Gasteiger charge is 2.08. The normalized spacial score (nSPS) is 11.2. The standard InChI is InChI=1S/C15H15FN4S2/c1-19(9-11-4-2-5-12(16)8-11)10-20-15(21)17-14(18-20)13-6-3-7-22-13/h2-8H,9-10H2,1H3,(H,17,18,21). The molecule has 0 aliphatic heterocycles. The zero-order chi connectivity index (χ0) is 15.5. The van der Waals surface area contributed by atoms with Crippen LogP contribution < -0.4 is 0 Å². The Labute approximate surface area is 136 Å². The lowest BCUT2D eigenvalue weighted by Gasteiger charge is -2.16.